The molecule has 0 unspecified atom stereocenters. The minimum absolute atomic E-state index is 0.00491. The first-order chi connectivity index (χ1) is 12.1. The van der Waals surface area contributed by atoms with E-state index < -0.39 is 16.9 Å². The Bertz CT molecular complexity index is 1310. The van der Waals surface area contributed by atoms with Crippen LogP contribution in [0.4, 0.5) is 4.39 Å². The normalized spacial score (nSPS) is 10.9. The zero-order valence-corrected chi connectivity index (χ0v) is 12.7. The monoisotopic (exact) mass is 332 g/mol. The van der Waals surface area contributed by atoms with Crippen LogP contribution >= 0.6 is 0 Å². The largest absolute Gasteiger partial charge is 0.274 e. The fraction of sp³-hybridized carbons (Fsp3) is 0. The van der Waals surface area contributed by atoms with E-state index in [0.717, 1.165) is 4.57 Å². The second-order valence-corrected chi connectivity index (χ2v) is 5.34. The van der Waals surface area contributed by atoms with E-state index in [1.54, 1.807) is 30.3 Å². The molecule has 120 valence electrons. The molecule has 25 heavy (non-hydrogen) atoms. The molecule has 3 heterocycles. The van der Waals surface area contributed by atoms with Gasteiger partial charge in [0.15, 0.2) is 5.65 Å². The molecule has 0 bridgehead atoms. The summed E-state index contributed by atoms with van der Waals surface area (Å²) in [4.78, 5) is 29.7. The maximum absolute atomic E-state index is 14.3. The topological polar surface area (TPSA) is 80.2 Å². The van der Waals surface area contributed by atoms with E-state index in [4.69, 9.17) is 0 Å². The first-order valence-corrected chi connectivity index (χ1v) is 7.34. The Morgan fingerprint density at radius 3 is 2.56 bits per heavy atom. The Kier molecular flexibility index (Phi) is 3.18. The van der Waals surface area contributed by atoms with Gasteiger partial charge in [-0.15, -0.1) is 0 Å². The van der Waals surface area contributed by atoms with E-state index in [9.17, 15) is 19.2 Å². The van der Waals surface area contributed by atoms with Crippen molar-refractivity contribution >= 4 is 16.7 Å². The van der Waals surface area contributed by atoms with Crippen molar-refractivity contribution in [3.8, 4) is 11.8 Å². The van der Waals surface area contributed by atoms with Gasteiger partial charge in [0.05, 0.1) is 11.1 Å². The van der Waals surface area contributed by atoms with Crippen molar-refractivity contribution in [3.05, 3.63) is 86.8 Å². The SMILES string of the molecule is N#Cc1cc2c(=O)n3ccccc3nc2n(-c2ccccc2F)c1=O. The Labute approximate surface area is 139 Å². The molecular formula is C18H9FN4O2. The molecule has 1 aromatic carbocycles. The summed E-state index contributed by atoms with van der Waals surface area (Å²) in [6.07, 6.45) is 1.54. The second-order valence-electron chi connectivity index (χ2n) is 5.34. The van der Waals surface area contributed by atoms with Crippen LogP contribution in [0.5, 0.6) is 0 Å². The van der Waals surface area contributed by atoms with Gasteiger partial charge >= 0.3 is 0 Å². The van der Waals surface area contributed by atoms with Crippen molar-refractivity contribution in [3.63, 3.8) is 0 Å². The predicted octanol–water partition coefficient (Wildman–Crippen LogP) is 2.01. The molecule has 0 saturated heterocycles. The van der Waals surface area contributed by atoms with Crippen molar-refractivity contribution in [2.45, 2.75) is 0 Å². The quantitative estimate of drug-likeness (QED) is 0.499. The van der Waals surface area contributed by atoms with Crippen molar-refractivity contribution in [2.75, 3.05) is 0 Å². The highest BCUT2D eigenvalue weighted by Gasteiger charge is 2.17. The summed E-state index contributed by atoms with van der Waals surface area (Å²) in [6.45, 7) is 0. The van der Waals surface area contributed by atoms with Gasteiger partial charge in [-0.1, -0.05) is 18.2 Å². The summed E-state index contributed by atoms with van der Waals surface area (Å²) in [7, 11) is 0. The van der Waals surface area contributed by atoms with E-state index in [2.05, 4.69) is 4.98 Å². The Balaban J connectivity index is 2.31. The van der Waals surface area contributed by atoms with Crippen molar-refractivity contribution in [1.29, 1.82) is 5.26 Å². The van der Waals surface area contributed by atoms with Crippen molar-refractivity contribution < 1.29 is 4.39 Å². The van der Waals surface area contributed by atoms with Crippen LogP contribution in [0, 0.1) is 17.1 Å². The van der Waals surface area contributed by atoms with E-state index in [-0.39, 0.29) is 22.3 Å². The van der Waals surface area contributed by atoms with Gasteiger partial charge in [0.25, 0.3) is 11.1 Å². The van der Waals surface area contributed by atoms with Crippen LogP contribution in [0.25, 0.3) is 22.4 Å². The molecule has 0 saturated carbocycles. The minimum atomic E-state index is -0.729. The third-order valence-electron chi connectivity index (χ3n) is 3.90. The molecule has 7 heteroatoms. The summed E-state index contributed by atoms with van der Waals surface area (Å²) in [5.74, 6) is -0.656. The maximum Gasteiger partial charge on any atom is 0.274 e. The molecule has 3 aromatic heterocycles. The Hall–Kier alpha value is -3.79. The molecule has 0 N–H and O–H groups in total. The lowest BCUT2D eigenvalue weighted by atomic mass is 10.2. The molecular weight excluding hydrogens is 323 g/mol. The van der Waals surface area contributed by atoms with Gasteiger partial charge in [-0.3, -0.25) is 18.6 Å². The number of benzene rings is 1. The fourth-order valence-electron chi connectivity index (χ4n) is 2.75. The predicted molar refractivity (Wildman–Crippen MR) is 89.2 cm³/mol. The van der Waals surface area contributed by atoms with Crippen molar-refractivity contribution in [2.24, 2.45) is 0 Å². The number of pyridine rings is 2. The number of hydrogen-bond donors (Lipinski definition) is 0. The highest BCUT2D eigenvalue weighted by Crippen LogP contribution is 2.17. The third kappa shape index (κ3) is 2.12. The van der Waals surface area contributed by atoms with Gasteiger partial charge < -0.3 is 0 Å². The summed E-state index contributed by atoms with van der Waals surface area (Å²) in [6, 6.07) is 13.6. The number of para-hydroxylation sites is 1. The van der Waals surface area contributed by atoms with Crippen LogP contribution in [0.2, 0.25) is 0 Å². The summed E-state index contributed by atoms with van der Waals surface area (Å²) in [5.41, 5.74) is -1.18. The molecule has 0 radical (unpaired) electrons. The van der Waals surface area contributed by atoms with E-state index >= 15 is 0 Å². The molecule has 0 spiro atoms. The number of hydrogen-bond acceptors (Lipinski definition) is 4. The van der Waals surface area contributed by atoms with Crippen molar-refractivity contribution in [1.82, 2.24) is 14.0 Å². The summed E-state index contributed by atoms with van der Waals surface area (Å²) in [5, 5.41) is 9.29. The van der Waals surface area contributed by atoms with E-state index in [0.29, 0.717) is 5.65 Å². The molecule has 6 nitrogen and oxygen atoms in total. The first-order valence-electron chi connectivity index (χ1n) is 7.34. The molecule has 0 atom stereocenters. The molecule has 0 fully saturated rings. The zero-order chi connectivity index (χ0) is 17.6. The van der Waals surface area contributed by atoms with Gasteiger partial charge in [0.2, 0.25) is 0 Å². The standard InChI is InChI=1S/C18H9FN4O2/c19-13-5-1-2-6-14(13)23-16-12(9-11(10-20)17(23)24)18(25)22-8-4-3-7-15(22)21-16/h1-9H. The molecule has 4 aromatic rings. The summed E-state index contributed by atoms with van der Waals surface area (Å²) >= 11 is 0. The van der Waals surface area contributed by atoms with E-state index in [1.807, 2.05) is 0 Å². The number of nitrogens with zero attached hydrogens (tertiary/aromatic N) is 4. The average Bonchev–Trinajstić information content (AvgIpc) is 2.63. The molecule has 0 aliphatic heterocycles. The van der Waals surface area contributed by atoms with Crippen LogP contribution < -0.4 is 11.1 Å². The molecule has 0 aliphatic rings. The summed E-state index contributed by atoms with van der Waals surface area (Å²) < 4.78 is 16.6. The lowest BCUT2D eigenvalue weighted by Crippen LogP contribution is -2.26. The van der Waals surface area contributed by atoms with Crippen LogP contribution in [0.1, 0.15) is 5.56 Å². The number of halogens is 1. The second kappa shape index (κ2) is 5.39. The van der Waals surface area contributed by atoms with Gasteiger partial charge in [0.1, 0.15) is 23.1 Å². The number of rotatable bonds is 1. The van der Waals surface area contributed by atoms with Crippen LogP contribution in [0.3, 0.4) is 0 Å². The van der Waals surface area contributed by atoms with Gasteiger partial charge in [-0.05, 0) is 30.3 Å². The lowest BCUT2D eigenvalue weighted by molar-refractivity contribution is 0.617. The highest BCUT2D eigenvalue weighted by molar-refractivity contribution is 5.79. The smallest absolute Gasteiger partial charge is 0.268 e. The number of aromatic nitrogens is 3. The Morgan fingerprint density at radius 1 is 1.04 bits per heavy atom. The minimum Gasteiger partial charge on any atom is -0.268 e. The van der Waals surface area contributed by atoms with Crippen LogP contribution in [-0.2, 0) is 0 Å². The zero-order valence-electron chi connectivity index (χ0n) is 12.7. The molecule has 4 rings (SSSR count). The molecule has 0 amide bonds. The van der Waals surface area contributed by atoms with Gasteiger partial charge in [-0.25, -0.2) is 9.37 Å². The van der Waals surface area contributed by atoms with Gasteiger partial charge in [0, 0.05) is 6.20 Å². The van der Waals surface area contributed by atoms with Gasteiger partial charge in [-0.2, -0.15) is 5.26 Å². The Morgan fingerprint density at radius 2 is 1.80 bits per heavy atom. The third-order valence-corrected chi connectivity index (χ3v) is 3.90. The van der Waals surface area contributed by atoms with Crippen LogP contribution in [0.15, 0.2) is 64.3 Å². The number of nitriles is 1. The van der Waals surface area contributed by atoms with Crippen LogP contribution in [-0.4, -0.2) is 14.0 Å². The lowest BCUT2D eigenvalue weighted by Gasteiger charge is -2.12. The molecule has 0 aliphatic carbocycles. The fourth-order valence-corrected chi connectivity index (χ4v) is 2.75. The van der Waals surface area contributed by atoms with E-state index in [1.165, 1.54) is 34.9 Å². The average molecular weight is 332 g/mol. The highest BCUT2D eigenvalue weighted by atomic mass is 19.1. The first kappa shape index (κ1) is 14.8. The number of fused-ring (bicyclic) bond motifs is 2. The maximum atomic E-state index is 14.3.